The summed E-state index contributed by atoms with van der Waals surface area (Å²) in [4.78, 5) is 17.0. The lowest BCUT2D eigenvalue weighted by Crippen LogP contribution is -2.32. The van der Waals surface area contributed by atoms with Crippen LogP contribution in [0.25, 0.3) is 16.7 Å². The molecule has 1 aromatic heterocycles. The van der Waals surface area contributed by atoms with Gasteiger partial charge < -0.3 is 5.32 Å². The molecule has 3 aromatic rings. The van der Waals surface area contributed by atoms with Crippen LogP contribution in [0.2, 0.25) is 0 Å². The van der Waals surface area contributed by atoms with Gasteiger partial charge in [0.05, 0.1) is 16.7 Å². The molecule has 1 saturated carbocycles. The number of fused-ring (bicyclic) bond motifs is 1. The third-order valence-electron chi connectivity index (χ3n) is 5.13. The van der Waals surface area contributed by atoms with Gasteiger partial charge in [0.25, 0.3) is 5.91 Å². The van der Waals surface area contributed by atoms with E-state index in [2.05, 4.69) is 40.0 Å². The Balaban J connectivity index is 1.66. The van der Waals surface area contributed by atoms with E-state index in [4.69, 9.17) is 0 Å². The van der Waals surface area contributed by atoms with Crippen LogP contribution in [0.5, 0.6) is 0 Å². The Hall–Kier alpha value is -2.62. The third kappa shape index (κ3) is 3.04. The molecule has 0 aliphatic heterocycles. The molecule has 0 unspecified atom stereocenters. The monoisotopic (exact) mass is 333 g/mol. The summed E-state index contributed by atoms with van der Waals surface area (Å²) in [7, 11) is 0. The van der Waals surface area contributed by atoms with Crippen molar-refractivity contribution in [1.82, 2.24) is 14.9 Å². The summed E-state index contributed by atoms with van der Waals surface area (Å²) < 4.78 is 2.10. The van der Waals surface area contributed by atoms with Crippen LogP contribution in [0.3, 0.4) is 0 Å². The smallest absolute Gasteiger partial charge is 0.251 e. The van der Waals surface area contributed by atoms with Gasteiger partial charge in [-0.15, -0.1) is 0 Å². The summed E-state index contributed by atoms with van der Waals surface area (Å²) in [5.74, 6) is 0.0114. The van der Waals surface area contributed by atoms with Gasteiger partial charge in [-0.2, -0.15) is 0 Å². The largest absolute Gasteiger partial charge is 0.349 e. The molecule has 1 amide bonds. The number of benzene rings is 2. The predicted octanol–water partition coefficient (Wildman–Crippen LogP) is 4.26. The van der Waals surface area contributed by atoms with Crippen molar-refractivity contribution < 1.29 is 4.79 Å². The van der Waals surface area contributed by atoms with Gasteiger partial charge in [0, 0.05) is 11.6 Å². The van der Waals surface area contributed by atoms with Crippen molar-refractivity contribution in [2.24, 2.45) is 0 Å². The summed E-state index contributed by atoms with van der Waals surface area (Å²) in [6.07, 6.45) is 7.43. The maximum absolute atomic E-state index is 12.5. The number of nitrogens with zero attached hydrogens (tertiary/aromatic N) is 2. The fourth-order valence-electron chi connectivity index (χ4n) is 3.73. The summed E-state index contributed by atoms with van der Waals surface area (Å²) in [6, 6.07) is 14.5. The maximum Gasteiger partial charge on any atom is 0.251 e. The minimum absolute atomic E-state index is 0.0114. The molecule has 1 fully saturated rings. The Bertz CT molecular complexity index is 906. The quantitative estimate of drug-likeness (QED) is 0.775. The van der Waals surface area contributed by atoms with Gasteiger partial charge in [-0.05, 0) is 49.1 Å². The molecule has 2 aromatic carbocycles. The van der Waals surface area contributed by atoms with Crippen molar-refractivity contribution >= 4 is 16.9 Å². The van der Waals surface area contributed by atoms with Crippen LogP contribution < -0.4 is 5.32 Å². The summed E-state index contributed by atoms with van der Waals surface area (Å²) in [5.41, 5.74) is 5.00. The van der Waals surface area contributed by atoms with Gasteiger partial charge in [-0.25, -0.2) is 4.98 Å². The molecule has 1 N–H and O–H groups in total. The van der Waals surface area contributed by atoms with E-state index < -0.39 is 0 Å². The highest BCUT2D eigenvalue weighted by Crippen LogP contribution is 2.23. The van der Waals surface area contributed by atoms with E-state index in [9.17, 15) is 4.79 Å². The Labute approximate surface area is 147 Å². The second-order valence-corrected chi connectivity index (χ2v) is 6.76. The van der Waals surface area contributed by atoms with Gasteiger partial charge >= 0.3 is 0 Å². The fourth-order valence-corrected chi connectivity index (χ4v) is 3.73. The molecule has 4 heteroatoms. The lowest BCUT2D eigenvalue weighted by molar-refractivity contribution is 0.0938. The van der Waals surface area contributed by atoms with Crippen LogP contribution in [0, 0.1) is 0 Å². The van der Waals surface area contributed by atoms with E-state index in [1.807, 2.05) is 30.6 Å². The van der Waals surface area contributed by atoms with Crippen molar-refractivity contribution in [3.05, 3.63) is 59.9 Å². The Morgan fingerprint density at radius 1 is 1.20 bits per heavy atom. The molecule has 0 bridgehead atoms. The lowest BCUT2D eigenvalue weighted by atomic mass is 10.1. The van der Waals surface area contributed by atoms with Crippen LogP contribution in [-0.2, 0) is 6.42 Å². The van der Waals surface area contributed by atoms with Crippen molar-refractivity contribution in [3.63, 3.8) is 0 Å². The average molecular weight is 333 g/mol. The van der Waals surface area contributed by atoms with Gasteiger partial charge in [0.1, 0.15) is 6.33 Å². The highest BCUT2D eigenvalue weighted by Gasteiger charge is 2.18. The molecule has 0 saturated heterocycles. The van der Waals surface area contributed by atoms with Crippen molar-refractivity contribution in [3.8, 4) is 5.69 Å². The number of para-hydroxylation sites is 1. The predicted molar refractivity (Wildman–Crippen MR) is 100 cm³/mol. The molecule has 4 nitrogen and oxygen atoms in total. The number of carbonyl (C=O) groups is 1. The van der Waals surface area contributed by atoms with Crippen LogP contribution in [0.15, 0.2) is 48.8 Å². The van der Waals surface area contributed by atoms with Crippen molar-refractivity contribution in [2.45, 2.75) is 45.1 Å². The standard InChI is InChI=1S/C21H23N3O/c1-2-15-7-3-6-10-19(15)24-14-22-18-13-16(11-12-20(18)24)21(25)23-17-8-4-5-9-17/h3,6-7,10-14,17H,2,4-5,8-9H2,1H3,(H,23,25). The minimum Gasteiger partial charge on any atom is -0.349 e. The summed E-state index contributed by atoms with van der Waals surface area (Å²) >= 11 is 0. The van der Waals surface area contributed by atoms with Gasteiger partial charge in [0.15, 0.2) is 0 Å². The van der Waals surface area contributed by atoms with E-state index in [0.717, 1.165) is 36.0 Å². The van der Waals surface area contributed by atoms with E-state index >= 15 is 0 Å². The molecule has 1 aliphatic rings. The van der Waals surface area contributed by atoms with Crippen LogP contribution in [0.1, 0.15) is 48.5 Å². The molecule has 0 radical (unpaired) electrons. The van der Waals surface area contributed by atoms with Gasteiger partial charge in [-0.1, -0.05) is 38.0 Å². The number of hydrogen-bond donors (Lipinski definition) is 1. The molecule has 0 atom stereocenters. The molecule has 128 valence electrons. The topological polar surface area (TPSA) is 46.9 Å². The van der Waals surface area contributed by atoms with Crippen LogP contribution in [-0.4, -0.2) is 21.5 Å². The Kier molecular flexibility index (Phi) is 4.26. The summed E-state index contributed by atoms with van der Waals surface area (Å²) in [5, 5.41) is 3.14. The first-order valence-corrected chi connectivity index (χ1v) is 9.12. The first-order chi connectivity index (χ1) is 12.3. The number of amides is 1. The SMILES string of the molecule is CCc1ccccc1-n1cnc2cc(C(=O)NC3CCCC3)ccc21. The van der Waals surface area contributed by atoms with Crippen LogP contribution in [0.4, 0.5) is 0 Å². The Morgan fingerprint density at radius 2 is 2.00 bits per heavy atom. The zero-order chi connectivity index (χ0) is 17.2. The zero-order valence-electron chi connectivity index (χ0n) is 14.5. The van der Waals surface area contributed by atoms with Gasteiger partial charge in [-0.3, -0.25) is 9.36 Å². The van der Waals surface area contributed by atoms with E-state index in [1.165, 1.54) is 18.4 Å². The number of nitrogens with one attached hydrogen (secondary N) is 1. The fraction of sp³-hybridized carbons (Fsp3) is 0.333. The Morgan fingerprint density at radius 3 is 2.80 bits per heavy atom. The average Bonchev–Trinajstić information content (AvgIpc) is 3.30. The van der Waals surface area contributed by atoms with E-state index in [0.29, 0.717) is 11.6 Å². The van der Waals surface area contributed by atoms with Crippen molar-refractivity contribution in [2.75, 3.05) is 0 Å². The number of rotatable bonds is 4. The van der Waals surface area contributed by atoms with Gasteiger partial charge in [0.2, 0.25) is 0 Å². The number of aromatic nitrogens is 2. The first kappa shape index (κ1) is 15.9. The number of hydrogen-bond acceptors (Lipinski definition) is 2. The van der Waals surface area contributed by atoms with Crippen LogP contribution >= 0.6 is 0 Å². The number of carbonyl (C=O) groups excluding carboxylic acids is 1. The highest BCUT2D eigenvalue weighted by atomic mass is 16.1. The summed E-state index contributed by atoms with van der Waals surface area (Å²) in [6.45, 7) is 2.16. The normalized spacial score (nSPS) is 14.9. The zero-order valence-corrected chi connectivity index (χ0v) is 14.5. The minimum atomic E-state index is 0.0114. The molecule has 25 heavy (non-hydrogen) atoms. The highest BCUT2D eigenvalue weighted by molar-refractivity contribution is 5.97. The first-order valence-electron chi connectivity index (χ1n) is 9.12. The number of aryl methyl sites for hydroxylation is 1. The molecule has 1 aliphatic carbocycles. The molecule has 4 rings (SSSR count). The second kappa shape index (κ2) is 6.71. The third-order valence-corrected chi connectivity index (χ3v) is 5.13. The molecule has 0 spiro atoms. The van der Waals surface area contributed by atoms with Crippen molar-refractivity contribution in [1.29, 1.82) is 0 Å². The lowest BCUT2D eigenvalue weighted by Gasteiger charge is -2.12. The molecular weight excluding hydrogens is 310 g/mol. The molecular formula is C21H23N3O. The second-order valence-electron chi connectivity index (χ2n) is 6.76. The number of imidazole rings is 1. The maximum atomic E-state index is 12.5. The van der Waals surface area contributed by atoms with E-state index in [1.54, 1.807) is 0 Å². The van der Waals surface area contributed by atoms with E-state index in [-0.39, 0.29) is 5.91 Å². The molecule has 1 heterocycles.